The highest BCUT2D eigenvalue weighted by atomic mass is 19.4. The highest BCUT2D eigenvalue weighted by molar-refractivity contribution is 6.04. The average molecular weight is 1060 g/mol. The summed E-state index contributed by atoms with van der Waals surface area (Å²) >= 11 is 0. The van der Waals surface area contributed by atoms with Gasteiger partial charge in [0.15, 0.2) is 0 Å². The van der Waals surface area contributed by atoms with E-state index in [4.69, 9.17) is 20.6 Å². The number of H-pyrrole nitrogens is 1. The molecule has 2 aromatic heterocycles. The van der Waals surface area contributed by atoms with Crippen LogP contribution in [0, 0.1) is 21.4 Å². The molecule has 0 radical (unpaired) electrons. The van der Waals surface area contributed by atoms with E-state index in [1.165, 1.54) is 26.1 Å². The number of fused-ring (bicyclic) bond motifs is 1. The Morgan fingerprint density at radius 3 is 2.18 bits per heavy atom. The molecule has 0 bridgehead atoms. The first-order valence-corrected chi connectivity index (χ1v) is 23.2. The zero-order valence-electron chi connectivity index (χ0n) is 41.1. The number of amidine groups is 1. The van der Waals surface area contributed by atoms with Crippen LogP contribution in [0.1, 0.15) is 65.4 Å². The molecular weight excluding hydrogens is 1010 g/mol. The first kappa shape index (κ1) is 56.3. The number of carbonyl (C=O) groups is 3. The summed E-state index contributed by atoms with van der Waals surface area (Å²) in [5.41, 5.74) is 2.11. The number of aromatic amines is 1. The van der Waals surface area contributed by atoms with Crippen molar-refractivity contribution in [1.82, 2.24) is 20.2 Å². The van der Waals surface area contributed by atoms with Gasteiger partial charge in [-0.25, -0.2) is 14.2 Å². The lowest BCUT2D eigenvalue weighted by molar-refractivity contribution is -0.688. The van der Waals surface area contributed by atoms with E-state index in [0.717, 1.165) is 40.5 Å². The number of anilines is 3. The number of pyridine rings is 1. The van der Waals surface area contributed by atoms with Crippen LogP contribution >= 0.6 is 0 Å². The molecular formula is C51H51F6N10O9+. The van der Waals surface area contributed by atoms with E-state index in [0.29, 0.717) is 24.1 Å². The minimum atomic E-state index is -4.67. The van der Waals surface area contributed by atoms with Crippen molar-refractivity contribution in [2.75, 3.05) is 30.0 Å². The highest BCUT2D eigenvalue weighted by Crippen LogP contribution is 2.36. The summed E-state index contributed by atoms with van der Waals surface area (Å²) in [5, 5.41) is 30.2. The maximum Gasteiger partial charge on any atom is 0.416 e. The van der Waals surface area contributed by atoms with E-state index in [9.17, 15) is 60.4 Å². The van der Waals surface area contributed by atoms with Crippen molar-refractivity contribution >= 4 is 46.7 Å². The van der Waals surface area contributed by atoms with Gasteiger partial charge in [-0.15, -0.1) is 0 Å². The monoisotopic (exact) mass is 1060 g/mol. The molecule has 6 aromatic rings. The Kier molecular flexibility index (Phi) is 17.7. The summed E-state index contributed by atoms with van der Waals surface area (Å²) in [6.07, 6.45) is -7.83. The number of carbonyl (C=O) groups excluding carboxylic acids is 3. The number of rotatable bonds is 14. The molecule has 400 valence electrons. The van der Waals surface area contributed by atoms with Crippen LogP contribution in [0.3, 0.4) is 0 Å². The number of ether oxygens (including phenoxy) is 2. The van der Waals surface area contributed by atoms with Crippen molar-refractivity contribution in [1.29, 1.82) is 5.41 Å². The number of alkyl carbamates (subject to hydrolysis) is 1. The van der Waals surface area contributed by atoms with E-state index in [2.05, 4.69) is 26.3 Å². The van der Waals surface area contributed by atoms with Gasteiger partial charge in [0.2, 0.25) is 5.91 Å². The third kappa shape index (κ3) is 14.2. The highest BCUT2D eigenvalue weighted by Gasteiger charge is 2.35. The molecule has 1 unspecified atom stereocenters. The number of esters is 1. The standard InChI is InChI=1S/C35H36F3N7O4.C16H14F3N3O5/c1-21(2)28-12-13-44-18-29(25-14-26(35(36,37)38)16-27(39)15-25)45(33(47)32(44)42-28)19-30(46)41-17-22-8-10-24(11-9-22)31(40)43-34(48)49-20-23-6-4-3-5-7-23;1-3-27-15(24)11-7-12(21-14(23)13(11)22(25)26)8-4-9(16(17,18)19)6-10(5-8)20-2/h3-11,14-16,18,21,28H,12-13,17,19-20,39H2,1-2H3,(H3,40,41,43,46,48);4-7,20H,3H2,1-2H3,(H,21,23)/p+1. The normalized spacial score (nSPS) is 13.0. The Morgan fingerprint density at radius 2 is 1.57 bits per heavy atom. The molecule has 76 heavy (non-hydrogen) atoms. The molecule has 1 atom stereocenters. The van der Waals surface area contributed by atoms with Gasteiger partial charge in [0.1, 0.15) is 30.7 Å². The van der Waals surface area contributed by atoms with Crippen molar-refractivity contribution in [3.8, 4) is 22.5 Å². The number of benzene rings is 4. The Hall–Kier alpha value is -9.03. The lowest BCUT2D eigenvalue weighted by Crippen LogP contribution is -2.53. The second-order valence-electron chi connectivity index (χ2n) is 17.4. The number of nitrogens with zero attached hydrogens (tertiary/aromatic N) is 3. The predicted octanol–water partition coefficient (Wildman–Crippen LogP) is 8.00. The zero-order chi connectivity index (χ0) is 55.6. The average Bonchev–Trinajstić information content (AvgIpc) is 3.37. The quantitative estimate of drug-likeness (QED) is 0.00799. The minimum absolute atomic E-state index is 0.00428. The van der Waals surface area contributed by atoms with Crippen molar-refractivity contribution in [2.24, 2.45) is 5.92 Å². The number of halogens is 6. The van der Waals surface area contributed by atoms with E-state index in [1.807, 2.05) is 44.2 Å². The van der Waals surface area contributed by atoms with Crippen molar-refractivity contribution in [3.63, 3.8) is 0 Å². The van der Waals surface area contributed by atoms with E-state index in [1.54, 1.807) is 35.0 Å². The molecule has 0 aliphatic carbocycles. The van der Waals surface area contributed by atoms with Crippen LogP contribution < -0.4 is 42.7 Å². The molecule has 2 amide bonds. The predicted molar refractivity (Wildman–Crippen MR) is 267 cm³/mol. The van der Waals surface area contributed by atoms with Gasteiger partial charge in [-0.2, -0.15) is 26.3 Å². The number of hydrogen-bond donors (Lipinski definition) is 7. The Morgan fingerprint density at radius 1 is 0.908 bits per heavy atom. The second-order valence-corrected chi connectivity index (χ2v) is 17.4. The maximum absolute atomic E-state index is 13.8. The van der Waals surface area contributed by atoms with Gasteiger partial charge < -0.3 is 30.8 Å². The number of aromatic nitrogens is 3. The summed E-state index contributed by atoms with van der Waals surface area (Å²) in [6, 6.07) is 22.5. The van der Waals surface area contributed by atoms with Gasteiger partial charge in [-0.1, -0.05) is 68.4 Å². The SMILES string of the molecule is CC(C)C1CC[n+]2cc(-c3cc(N)cc(C(F)(F)F)c3)n(CC(=O)NCc3ccc(C(=N)NC(=O)OCc4ccccc4)cc3)c(=O)c2N1.CCOC(=O)c1cc(-c2cc(NC)cc(C(F)(F)F)c2)[nH]c(=O)c1[N+](=O)[O-]. The van der Waals surface area contributed by atoms with E-state index < -0.39 is 75.3 Å². The summed E-state index contributed by atoms with van der Waals surface area (Å²) in [7, 11) is 1.40. The van der Waals surface area contributed by atoms with E-state index >= 15 is 0 Å². The summed E-state index contributed by atoms with van der Waals surface area (Å²) in [5.74, 6) is -1.39. The fourth-order valence-electron chi connectivity index (χ4n) is 7.81. The molecule has 0 saturated heterocycles. The number of nitro groups is 1. The molecule has 7 rings (SSSR count). The largest absolute Gasteiger partial charge is 0.462 e. The fourth-order valence-corrected chi connectivity index (χ4v) is 7.81. The Balaban J connectivity index is 0.000000293. The van der Waals surface area contributed by atoms with E-state index in [-0.39, 0.29) is 77.3 Å². The van der Waals surface area contributed by atoms with Gasteiger partial charge in [-0.05, 0) is 66.4 Å². The molecule has 19 nitrogen and oxygen atoms in total. The molecule has 3 heterocycles. The number of hydrogen-bond acceptors (Lipinski definition) is 13. The fraction of sp³-hybridized carbons (Fsp3) is 0.275. The minimum Gasteiger partial charge on any atom is -0.462 e. The number of aryl methyl sites for hydroxylation is 1. The van der Waals surface area contributed by atoms with Gasteiger partial charge in [0.25, 0.3) is 0 Å². The lowest BCUT2D eigenvalue weighted by Gasteiger charge is -2.25. The first-order valence-electron chi connectivity index (χ1n) is 23.2. The van der Waals surface area contributed by atoms with Crippen LogP contribution in [-0.2, 0) is 52.9 Å². The summed E-state index contributed by atoms with van der Waals surface area (Å²) < 4.78 is 93.0. The topological polar surface area (TPSA) is 270 Å². The molecule has 25 heteroatoms. The lowest BCUT2D eigenvalue weighted by atomic mass is 9.99. The molecule has 0 fully saturated rings. The van der Waals surface area contributed by atoms with Crippen LogP contribution in [0.2, 0.25) is 0 Å². The van der Waals surface area contributed by atoms with Crippen LogP contribution in [0.15, 0.2) is 113 Å². The van der Waals surface area contributed by atoms with Gasteiger partial charge in [0.05, 0.1) is 40.9 Å². The number of nitrogens with one attached hydrogen (secondary N) is 6. The molecule has 0 saturated carbocycles. The number of alkyl halides is 6. The summed E-state index contributed by atoms with van der Waals surface area (Å²) in [4.78, 5) is 75.4. The number of nitrogens with two attached hydrogens (primary N) is 1. The van der Waals surface area contributed by atoms with Crippen LogP contribution in [0.4, 0.5) is 54.0 Å². The molecule has 1 aliphatic rings. The van der Waals surface area contributed by atoms with Gasteiger partial charge >= 0.3 is 47.0 Å². The van der Waals surface area contributed by atoms with Crippen molar-refractivity contribution in [3.05, 3.63) is 167 Å². The van der Waals surface area contributed by atoms with Crippen molar-refractivity contribution < 1.29 is 59.7 Å². The smallest absolute Gasteiger partial charge is 0.416 e. The maximum atomic E-state index is 13.8. The third-order valence-electron chi connectivity index (χ3n) is 11.7. The molecule has 1 aliphatic heterocycles. The second kappa shape index (κ2) is 23.9. The number of nitrogen functional groups attached to an aromatic ring is 1. The Bertz CT molecular complexity index is 3270. The van der Waals surface area contributed by atoms with Crippen LogP contribution in [-0.4, -0.2) is 58.0 Å². The molecule has 0 spiro atoms. The summed E-state index contributed by atoms with van der Waals surface area (Å²) in [6.45, 7) is 5.51. The zero-order valence-corrected chi connectivity index (χ0v) is 41.1. The molecule has 8 N–H and O–H groups in total. The molecule has 4 aromatic carbocycles. The van der Waals surface area contributed by atoms with Crippen molar-refractivity contribution in [2.45, 2.75) is 71.8 Å². The van der Waals surface area contributed by atoms with Crippen LogP contribution in [0.25, 0.3) is 22.5 Å². The van der Waals surface area contributed by atoms with Gasteiger partial charge in [0, 0.05) is 53.8 Å². The van der Waals surface area contributed by atoms with Gasteiger partial charge in [-0.3, -0.25) is 45.1 Å². The third-order valence-corrected chi connectivity index (χ3v) is 11.7. The Labute approximate surface area is 428 Å². The first-order chi connectivity index (χ1) is 35.9. The number of amides is 2. The van der Waals surface area contributed by atoms with Crippen LogP contribution in [0.5, 0.6) is 0 Å².